The summed E-state index contributed by atoms with van der Waals surface area (Å²) in [6, 6.07) is 16.5. The third-order valence-electron chi connectivity index (χ3n) is 2.92. The van der Waals surface area contributed by atoms with Gasteiger partial charge >= 0.3 is 5.97 Å². The quantitative estimate of drug-likeness (QED) is 0.798. The van der Waals surface area contributed by atoms with E-state index in [1.165, 1.54) is 12.0 Å². The molecule has 0 saturated carbocycles. The van der Waals surface area contributed by atoms with Gasteiger partial charge in [0.15, 0.2) is 11.8 Å². The van der Waals surface area contributed by atoms with Crippen LogP contribution in [-0.4, -0.2) is 28.3 Å². The molecule has 0 radical (unpaired) electrons. The first kappa shape index (κ1) is 14.9. The number of carboxylic acids is 1. The van der Waals surface area contributed by atoms with Crippen molar-refractivity contribution in [1.82, 2.24) is 0 Å². The van der Waals surface area contributed by atoms with Gasteiger partial charge in [0.05, 0.1) is 11.8 Å². The van der Waals surface area contributed by atoms with E-state index in [2.05, 4.69) is 0 Å². The number of carbonyl (C=O) groups is 1. The number of rotatable bonds is 6. The maximum atomic E-state index is 11.5. The normalized spacial score (nSPS) is 13.2. The van der Waals surface area contributed by atoms with Gasteiger partial charge in [-0.3, -0.25) is 0 Å². The zero-order valence-corrected chi connectivity index (χ0v) is 11.6. The number of aliphatic hydroxyl groups is 1. The summed E-state index contributed by atoms with van der Waals surface area (Å²) in [5.74, 6) is -0.668. The number of carboxylic acid groups (broad SMARTS) is 1. The fourth-order valence-electron chi connectivity index (χ4n) is 1.94. The van der Waals surface area contributed by atoms with Gasteiger partial charge in [0.1, 0.15) is 0 Å². The number of nitrogens with zero attached hydrogens (tertiary/aromatic N) is 1. The predicted octanol–water partition coefficient (Wildman–Crippen LogP) is 2.32. The zero-order valence-electron chi connectivity index (χ0n) is 11.6. The van der Waals surface area contributed by atoms with E-state index in [9.17, 15) is 15.0 Å². The van der Waals surface area contributed by atoms with Crippen molar-refractivity contribution in [2.24, 2.45) is 0 Å². The summed E-state index contributed by atoms with van der Waals surface area (Å²) < 4.78 is 0. The van der Waals surface area contributed by atoms with E-state index < -0.39 is 18.1 Å². The molecule has 21 heavy (non-hydrogen) atoms. The van der Waals surface area contributed by atoms with Crippen molar-refractivity contribution in [1.29, 1.82) is 0 Å². The number of hydrogen-bond acceptors (Lipinski definition) is 4. The third-order valence-corrected chi connectivity index (χ3v) is 2.92. The van der Waals surface area contributed by atoms with E-state index in [4.69, 9.17) is 4.84 Å². The Bertz CT molecular complexity index is 571. The molecule has 0 aliphatic carbocycles. The Morgan fingerprint density at radius 2 is 1.57 bits per heavy atom. The second-order valence-corrected chi connectivity index (χ2v) is 4.59. The fraction of sp³-hybridized carbons (Fsp3) is 0.188. The zero-order chi connectivity index (χ0) is 15.2. The van der Waals surface area contributed by atoms with Crippen LogP contribution >= 0.6 is 0 Å². The van der Waals surface area contributed by atoms with Gasteiger partial charge in [0.2, 0.25) is 0 Å². The molecule has 0 spiro atoms. The van der Waals surface area contributed by atoms with Gasteiger partial charge in [0.25, 0.3) is 0 Å². The molecule has 0 aromatic heterocycles. The van der Waals surface area contributed by atoms with Crippen LogP contribution in [0.3, 0.4) is 0 Å². The smallest absolute Gasteiger partial charge is 0.332 e. The van der Waals surface area contributed by atoms with Crippen molar-refractivity contribution in [2.75, 3.05) is 5.06 Å². The molecule has 2 N–H and O–H groups in total. The van der Waals surface area contributed by atoms with Crippen molar-refractivity contribution in [3.63, 3.8) is 0 Å². The van der Waals surface area contributed by atoms with Crippen molar-refractivity contribution in [2.45, 2.75) is 19.1 Å². The van der Waals surface area contributed by atoms with E-state index in [1.807, 2.05) is 12.1 Å². The molecule has 0 aliphatic rings. The van der Waals surface area contributed by atoms with Gasteiger partial charge in [-0.05, 0) is 31.2 Å². The summed E-state index contributed by atoms with van der Waals surface area (Å²) in [5, 5.41) is 20.4. The second-order valence-electron chi connectivity index (χ2n) is 4.59. The molecule has 0 saturated heterocycles. The highest BCUT2D eigenvalue weighted by molar-refractivity contribution is 5.78. The number of hydrogen-bond donors (Lipinski definition) is 2. The average molecular weight is 287 g/mol. The van der Waals surface area contributed by atoms with Gasteiger partial charge in [0, 0.05) is 0 Å². The Morgan fingerprint density at radius 1 is 1.05 bits per heavy atom. The lowest BCUT2D eigenvalue weighted by atomic mass is 10.1. The summed E-state index contributed by atoms with van der Waals surface area (Å²) in [5.41, 5.74) is 0.551. The number of anilines is 1. The molecule has 0 amide bonds. The van der Waals surface area contributed by atoms with Crippen LogP contribution < -0.4 is 9.90 Å². The minimum atomic E-state index is -1.22. The highest BCUT2D eigenvalue weighted by Gasteiger charge is 2.32. The van der Waals surface area contributed by atoms with Crippen LogP contribution in [0.2, 0.25) is 0 Å². The summed E-state index contributed by atoms with van der Waals surface area (Å²) in [6.45, 7) is 1.42. The lowest BCUT2D eigenvalue weighted by molar-refractivity contribution is -0.142. The molecular weight excluding hydrogens is 270 g/mol. The number of hydroxylamine groups is 1. The molecule has 2 rings (SSSR count). The van der Waals surface area contributed by atoms with Crippen LogP contribution in [0, 0.1) is 0 Å². The number of para-hydroxylation sites is 2. The lowest BCUT2D eigenvalue weighted by Crippen LogP contribution is -2.50. The molecule has 110 valence electrons. The molecule has 2 atom stereocenters. The molecule has 2 aromatic rings. The first-order chi connectivity index (χ1) is 10.1. The minimum Gasteiger partial charge on any atom is -0.480 e. The standard InChI is InChI=1S/C16H17NO4/c1-12(18)15(16(19)20)17(13-8-4-2-5-9-13)21-14-10-6-3-7-11-14/h2-12,15,18H,1H3,(H,19,20)/t12-,15+/m1/s1. The molecule has 0 unspecified atom stereocenters. The Labute approximate surface area is 123 Å². The van der Waals surface area contributed by atoms with Crippen LogP contribution in [-0.2, 0) is 4.79 Å². The topological polar surface area (TPSA) is 70.0 Å². The molecule has 0 fully saturated rings. The van der Waals surface area contributed by atoms with E-state index in [-0.39, 0.29) is 0 Å². The maximum absolute atomic E-state index is 11.5. The summed E-state index contributed by atoms with van der Waals surface area (Å²) >= 11 is 0. The molecule has 2 aromatic carbocycles. The Balaban J connectivity index is 2.37. The third kappa shape index (κ3) is 3.73. The maximum Gasteiger partial charge on any atom is 0.332 e. The van der Waals surface area contributed by atoms with Crippen LogP contribution in [0.4, 0.5) is 5.69 Å². The van der Waals surface area contributed by atoms with Crippen LogP contribution in [0.25, 0.3) is 0 Å². The van der Waals surface area contributed by atoms with E-state index in [0.717, 1.165) is 0 Å². The molecule has 0 bridgehead atoms. The Kier molecular flexibility index (Phi) is 4.79. The largest absolute Gasteiger partial charge is 0.480 e. The summed E-state index contributed by atoms with van der Waals surface area (Å²) in [4.78, 5) is 17.1. The first-order valence-corrected chi connectivity index (χ1v) is 6.58. The molecule has 5 nitrogen and oxygen atoms in total. The van der Waals surface area contributed by atoms with Crippen LogP contribution in [0.1, 0.15) is 6.92 Å². The second kappa shape index (κ2) is 6.76. The summed E-state index contributed by atoms with van der Waals surface area (Å²) in [7, 11) is 0. The van der Waals surface area contributed by atoms with E-state index in [0.29, 0.717) is 11.4 Å². The van der Waals surface area contributed by atoms with Crippen molar-refractivity contribution < 1.29 is 19.8 Å². The molecule has 5 heteroatoms. The highest BCUT2D eigenvalue weighted by Crippen LogP contribution is 2.22. The van der Waals surface area contributed by atoms with Gasteiger partial charge in [-0.25, -0.2) is 4.79 Å². The molecule has 0 heterocycles. The van der Waals surface area contributed by atoms with E-state index >= 15 is 0 Å². The van der Waals surface area contributed by atoms with Crippen molar-refractivity contribution >= 4 is 11.7 Å². The van der Waals surface area contributed by atoms with Crippen molar-refractivity contribution in [3.8, 4) is 5.75 Å². The molecular formula is C16H17NO4. The Hall–Kier alpha value is -2.53. The minimum absolute atomic E-state index is 0.494. The van der Waals surface area contributed by atoms with Crippen LogP contribution in [0.5, 0.6) is 5.75 Å². The number of benzene rings is 2. The highest BCUT2D eigenvalue weighted by atomic mass is 16.7. The predicted molar refractivity (Wildman–Crippen MR) is 79.1 cm³/mol. The number of aliphatic hydroxyl groups excluding tert-OH is 1. The fourth-order valence-corrected chi connectivity index (χ4v) is 1.94. The Morgan fingerprint density at radius 3 is 2.05 bits per heavy atom. The van der Waals surface area contributed by atoms with Gasteiger partial charge < -0.3 is 15.1 Å². The SMILES string of the molecule is C[C@@H](O)[C@@H](C(=O)O)N(Oc1ccccc1)c1ccccc1. The summed E-state index contributed by atoms with van der Waals surface area (Å²) in [6.07, 6.45) is -1.11. The van der Waals surface area contributed by atoms with Gasteiger partial charge in [-0.15, -0.1) is 0 Å². The first-order valence-electron chi connectivity index (χ1n) is 6.58. The van der Waals surface area contributed by atoms with Gasteiger partial charge in [-0.2, -0.15) is 5.06 Å². The van der Waals surface area contributed by atoms with Crippen LogP contribution in [0.15, 0.2) is 60.7 Å². The lowest BCUT2D eigenvalue weighted by Gasteiger charge is -2.31. The monoisotopic (exact) mass is 287 g/mol. The molecule has 0 aliphatic heterocycles. The van der Waals surface area contributed by atoms with E-state index in [1.54, 1.807) is 48.5 Å². The number of aliphatic carboxylic acids is 1. The van der Waals surface area contributed by atoms with Gasteiger partial charge in [-0.1, -0.05) is 36.4 Å². The van der Waals surface area contributed by atoms with Crippen molar-refractivity contribution in [3.05, 3.63) is 60.7 Å². The average Bonchev–Trinajstić information content (AvgIpc) is 2.48.